The molecule has 0 saturated heterocycles. The molecule has 0 spiro atoms. The van der Waals surface area contributed by atoms with E-state index in [0.717, 1.165) is 0 Å². The molecule has 17 heavy (non-hydrogen) atoms. The second-order valence-corrected chi connectivity index (χ2v) is 7.54. The van der Waals surface area contributed by atoms with Crippen molar-refractivity contribution in [3.05, 3.63) is 43.3 Å². The first-order valence-corrected chi connectivity index (χ1v) is 8.13. The van der Waals surface area contributed by atoms with Crippen LogP contribution in [0.3, 0.4) is 0 Å². The summed E-state index contributed by atoms with van der Waals surface area (Å²) in [7, 11) is 0. The van der Waals surface area contributed by atoms with Crippen molar-refractivity contribution in [2.24, 2.45) is 0 Å². The van der Waals surface area contributed by atoms with Crippen LogP contribution >= 0.6 is 34.3 Å². The second-order valence-electron chi connectivity index (χ2n) is 4.62. The Hall–Kier alpha value is -0.310. The smallest absolute Gasteiger partial charge is 0.102 e. The highest BCUT2D eigenvalue weighted by Crippen LogP contribution is 2.40. The minimum Gasteiger partial charge on any atom is -0.144 e. The second kappa shape index (κ2) is 4.75. The van der Waals surface area contributed by atoms with Crippen molar-refractivity contribution in [2.75, 3.05) is 0 Å². The molecule has 0 saturated carbocycles. The summed E-state index contributed by atoms with van der Waals surface area (Å²) in [6.45, 7) is 2.14. The fraction of sp³-hybridized carbons (Fsp3) is 0.429. The molecular weight excluding hydrogens is 268 g/mol. The van der Waals surface area contributed by atoms with Crippen molar-refractivity contribution in [2.45, 2.75) is 38.0 Å². The molecule has 0 bridgehead atoms. The number of rotatable bonds is 2. The van der Waals surface area contributed by atoms with Gasteiger partial charge in [-0.3, -0.25) is 0 Å². The van der Waals surface area contributed by atoms with E-state index in [1.807, 2.05) is 22.7 Å². The van der Waals surface area contributed by atoms with Gasteiger partial charge in [0.2, 0.25) is 0 Å². The highest BCUT2D eigenvalue weighted by molar-refractivity contribution is 7.14. The van der Waals surface area contributed by atoms with Gasteiger partial charge in [-0.1, -0.05) is 0 Å². The molecule has 0 aromatic carbocycles. The lowest BCUT2D eigenvalue weighted by molar-refractivity contribution is 0.697. The van der Waals surface area contributed by atoms with Gasteiger partial charge in [0.1, 0.15) is 5.38 Å². The Morgan fingerprint density at radius 1 is 1.12 bits per heavy atom. The molecule has 3 rings (SSSR count). The Labute approximate surface area is 115 Å². The molecule has 2 heterocycles. The van der Waals surface area contributed by atoms with Crippen LogP contribution in [0.15, 0.2) is 18.2 Å². The van der Waals surface area contributed by atoms with Gasteiger partial charge in [0.25, 0.3) is 0 Å². The molecule has 0 amide bonds. The molecule has 0 radical (unpaired) electrons. The maximum atomic E-state index is 6.59. The Balaban J connectivity index is 1.91. The predicted molar refractivity (Wildman–Crippen MR) is 77.7 cm³/mol. The molecule has 1 atom stereocenters. The number of hydrogen-bond acceptors (Lipinski definition) is 2. The van der Waals surface area contributed by atoms with Gasteiger partial charge >= 0.3 is 0 Å². The average Bonchev–Trinajstić information content (AvgIpc) is 2.93. The van der Waals surface area contributed by atoms with Gasteiger partial charge in [-0.15, -0.1) is 34.3 Å². The zero-order valence-electron chi connectivity index (χ0n) is 9.83. The minimum atomic E-state index is 0.0595. The van der Waals surface area contributed by atoms with Crippen molar-refractivity contribution >= 4 is 34.3 Å². The third-order valence-electron chi connectivity index (χ3n) is 3.28. The summed E-state index contributed by atoms with van der Waals surface area (Å²) < 4.78 is 0. The first-order valence-electron chi connectivity index (χ1n) is 6.06. The summed E-state index contributed by atoms with van der Waals surface area (Å²) in [6, 6.07) is 6.66. The van der Waals surface area contributed by atoms with E-state index < -0.39 is 0 Å². The van der Waals surface area contributed by atoms with Crippen LogP contribution in [0.25, 0.3) is 0 Å². The largest absolute Gasteiger partial charge is 0.144 e. The number of fused-ring (bicyclic) bond motifs is 1. The van der Waals surface area contributed by atoms with Crippen LogP contribution in [-0.4, -0.2) is 0 Å². The summed E-state index contributed by atoms with van der Waals surface area (Å²) in [6.07, 6.45) is 5.19. The van der Waals surface area contributed by atoms with E-state index >= 15 is 0 Å². The summed E-state index contributed by atoms with van der Waals surface area (Å²) in [5.74, 6) is 0. The SMILES string of the molecule is Cc1ccc(C(Cl)c2cc3c(s2)CCCC3)s1. The first-order chi connectivity index (χ1) is 8.24. The van der Waals surface area contributed by atoms with Gasteiger partial charge < -0.3 is 0 Å². The van der Waals surface area contributed by atoms with Crippen LogP contribution in [0.4, 0.5) is 0 Å². The van der Waals surface area contributed by atoms with Crippen LogP contribution in [0.5, 0.6) is 0 Å². The minimum absolute atomic E-state index is 0.0595. The van der Waals surface area contributed by atoms with Crippen molar-refractivity contribution in [3.63, 3.8) is 0 Å². The Kier molecular flexibility index (Phi) is 3.29. The molecule has 2 aromatic rings. The number of thiophene rings is 2. The van der Waals surface area contributed by atoms with E-state index in [4.69, 9.17) is 11.6 Å². The quantitative estimate of drug-likeness (QED) is 0.654. The number of alkyl halides is 1. The monoisotopic (exact) mass is 282 g/mol. The topological polar surface area (TPSA) is 0 Å². The van der Waals surface area contributed by atoms with Crippen LogP contribution < -0.4 is 0 Å². The molecule has 1 unspecified atom stereocenters. The van der Waals surface area contributed by atoms with E-state index in [1.165, 1.54) is 40.3 Å². The maximum absolute atomic E-state index is 6.59. The molecular formula is C14H15ClS2. The fourth-order valence-electron chi connectivity index (χ4n) is 2.37. The molecule has 3 heteroatoms. The molecule has 2 aromatic heterocycles. The van der Waals surface area contributed by atoms with E-state index in [-0.39, 0.29) is 5.38 Å². The Morgan fingerprint density at radius 3 is 2.65 bits per heavy atom. The molecule has 1 aliphatic rings. The van der Waals surface area contributed by atoms with Gasteiger partial charge in [0.15, 0.2) is 0 Å². The van der Waals surface area contributed by atoms with Gasteiger partial charge in [0, 0.05) is 19.5 Å². The Bertz CT molecular complexity index is 501. The molecule has 90 valence electrons. The van der Waals surface area contributed by atoms with Gasteiger partial charge in [-0.2, -0.15) is 0 Å². The maximum Gasteiger partial charge on any atom is 0.102 e. The van der Waals surface area contributed by atoms with Crippen LogP contribution in [0.2, 0.25) is 0 Å². The van der Waals surface area contributed by atoms with E-state index in [1.54, 1.807) is 10.4 Å². The number of hydrogen-bond donors (Lipinski definition) is 0. The zero-order valence-corrected chi connectivity index (χ0v) is 12.2. The normalized spacial score (nSPS) is 16.8. The van der Waals surface area contributed by atoms with Crippen LogP contribution in [-0.2, 0) is 12.8 Å². The Morgan fingerprint density at radius 2 is 1.94 bits per heavy atom. The highest BCUT2D eigenvalue weighted by Gasteiger charge is 2.19. The van der Waals surface area contributed by atoms with Crippen molar-refractivity contribution in [1.29, 1.82) is 0 Å². The molecule has 0 aliphatic heterocycles. The summed E-state index contributed by atoms with van der Waals surface area (Å²) in [5, 5.41) is 0.0595. The molecule has 0 fully saturated rings. The average molecular weight is 283 g/mol. The predicted octanol–water partition coefficient (Wildman–Crippen LogP) is 5.33. The van der Waals surface area contributed by atoms with E-state index in [0.29, 0.717) is 0 Å². The van der Waals surface area contributed by atoms with Crippen molar-refractivity contribution < 1.29 is 0 Å². The van der Waals surface area contributed by atoms with E-state index in [2.05, 4.69) is 25.1 Å². The zero-order chi connectivity index (χ0) is 11.8. The standard InChI is InChI=1S/C14H15ClS2/c1-9-6-7-12(16-9)14(15)13-8-10-4-2-3-5-11(10)17-13/h6-8,14H,2-5H2,1H3. The lowest BCUT2D eigenvalue weighted by Crippen LogP contribution is -1.96. The summed E-state index contributed by atoms with van der Waals surface area (Å²) in [4.78, 5) is 5.53. The lowest BCUT2D eigenvalue weighted by Gasteiger charge is -2.08. The van der Waals surface area contributed by atoms with Crippen LogP contribution in [0.1, 0.15) is 43.3 Å². The number of halogens is 1. The van der Waals surface area contributed by atoms with E-state index in [9.17, 15) is 0 Å². The fourth-order valence-corrected chi connectivity index (χ4v) is 4.98. The van der Waals surface area contributed by atoms with Crippen molar-refractivity contribution in [3.8, 4) is 0 Å². The third kappa shape index (κ3) is 2.31. The molecule has 0 nitrogen and oxygen atoms in total. The lowest BCUT2D eigenvalue weighted by atomic mass is 9.99. The third-order valence-corrected chi connectivity index (χ3v) is 6.37. The molecule has 1 aliphatic carbocycles. The highest BCUT2D eigenvalue weighted by atomic mass is 35.5. The summed E-state index contributed by atoms with van der Waals surface area (Å²) >= 11 is 10.3. The van der Waals surface area contributed by atoms with Gasteiger partial charge in [-0.05, 0) is 56.4 Å². The van der Waals surface area contributed by atoms with Gasteiger partial charge in [0.05, 0.1) is 0 Å². The summed E-state index contributed by atoms with van der Waals surface area (Å²) in [5.41, 5.74) is 1.55. The van der Waals surface area contributed by atoms with Crippen molar-refractivity contribution in [1.82, 2.24) is 0 Å². The molecule has 0 N–H and O–H groups in total. The number of aryl methyl sites for hydroxylation is 3. The van der Waals surface area contributed by atoms with Gasteiger partial charge in [-0.25, -0.2) is 0 Å². The van der Waals surface area contributed by atoms with Crippen LogP contribution in [0, 0.1) is 6.92 Å². The first kappa shape index (κ1) is 11.8.